The second kappa shape index (κ2) is 6.96. The maximum atomic E-state index is 5.35. The summed E-state index contributed by atoms with van der Waals surface area (Å²) in [5, 5.41) is 0. The van der Waals surface area contributed by atoms with E-state index in [9.17, 15) is 0 Å². The summed E-state index contributed by atoms with van der Waals surface area (Å²) in [7, 11) is 0. The molecule has 0 fully saturated rings. The van der Waals surface area contributed by atoms with Crippen LogP contribution in [0, 0.1) is 0 Å². The molecule has 0 aromatic heterocycles. The molecule has 0 saturated heterocycles. The third-order valence-corrected chi connectivity index (χ3v) is 0. The number of halogens is 2. The Balaban J connectivity index is 0. The van der Waals surface area contributed by atoms with Gasteiger partial charge in [-0.05, 0) is 20.8 Å². The Bertz CT molecular complexity index is 37.8. The molecule has 0 amide bonds. The number of hydrogen-bond acceptors (Lipinski definition) is 1. The first-order chi connectivity index (χ1) is 3.41. The average Bonchev–Trinajstić information content (AvgIpc) is 1.27. The molecular weight excluding hydrogens is 429 g/mol. The SMILES string of the molecule is CC(C)(C)N.[Br][Pb][Br]. The Kier molecular flexibility index (Phi) is 10.9. The van der Waals surface area contributed by atoms with Crippen LogP contribution in [-0.4, -0.2) is 25.0 Å². The van der Waals surface area contributed by atoms with Gasteiger partial charge in [-0.25, -0.2) is 0 Å². The molecule has 0 atom stereocenters. The molecule has 0 saturated carbocycles. The van der Waals surface area contributed by atoms with Gasteiger partial charge in [-0.1, -0.05) is 0 Å². The molecule has 2 N–H and O–H groups in total. The number of rotatable bonds is 0. The van der Waals surface area contributed by atoms with Crippen LogP contribution in [0.15, 0.2) is 0 Å². The van der Waals surface area contributed by atoms with E-state index in [1.54, 1.807) is 0 Å². The van der Waals surface area contributed by atoms with E-state index >= 15 is 0 Å². The predicted molar refractivity (Wildman–Crippen MR) is 47.5 cm³/mol. The molecule has 0 rings (SSSR count). The van der Waals surface area contributed by atoms with Gasteiger partial charge in [0.2, 0.25) is 0 Å². The van der Waals surface area contributed by atoms with E-state index in [0.29, 0.717) is 0 Å². The summed E-state index contributed by atoms with van der Waals surface area (Å²) in [5.41, 5.74) is 5.35. The Morgan fingerprint density at radius 2 is 1.25 bits per heavy atom. The van der Waals surface area contributed by atoms with E-state index in [2.05, 4.69) is 24.0 Å². The molecule has 1 nitrogen and oxygen atoms in total. The summed E-state index contributed by atoms with van der Waals surface area (Å²) in [4.78, 5) is 0. The van der Waals surface area contributed by atoms with Crippen molar-refractivity contribution in [2.75, 3.05) is 0 Å². The van der Waals surface area contributed by atoms with E-state index in [0.717, 1.165) is 0 Å². The molecule has 0 unspecified atom stereocenters. The van der Waals surface area contributed by atoms with Gasteiger partial charge < -0.3 is 5.73 Å². The third kappa shape index (κ3) is 108. The van der Waals surface area contributed by atoms with Crippen molar-refractivity contribution >= 4 is 43.4 Å². The minimum atomic E-state index is -0.292. The molecule has 50 valence electrons. The Labute approximate surface area is 74.6 Å². The molecule has 0 aromatic rings. The van der Waals surface area contributed by atoms with E-state index in [1.165, 1.54) is 0 Å². The van der Waals surface area contributed by atoms with Gasteiger partial charge in [0.15, 0.2) is 0 Å². The van der Waals surface area contributed by atoms with Gasteiger partial charge in [0.1, 0.15) is 0 Å². The molecule has 0 aliphatic heterocycles. The van der Waals surface area contributed by atoms with Gasteiger partial charge in [-0.15, -0.1) is 0 Å². The average molecular weight is 440 g/mol. The molecule has 4 heteroatoms. The first kappa shape index (κ1) is 12.5. The van der Waals surface area contributed by atoms with Crippen molar-refractivity contribution in [3.05, 3.63) is 0 Å². The zero-order valence-corrected chi connectivity index (χ0v) is 12.4. The van der Waals surface area contributed by atoms with Gasteiger partial charge in [0.25, 0.3) is 0 Å². The van der Waals surface area contributed by atoms with Crippen molar-refractivity contribution in [2.45, 2.75) is 26.3 Å². The number of hydrogen-bond donors (Lipinski definition) is 1. The number of nitrogens with two attached hydrogens (primary N) is 1. The van der Waals surface area contributed by atoms with Crippen molar-refractivity contribution in [3.63, 3.8) is 0 Å². The third-order valence-electron chi connectivity index (χ3n) is 0. The monoisotopic (exact) mass is 439 g/mol. The maximum absolute atomic E-state index is 5.35. The molecule has 0 heterocycles. The van der Waals surface area contributed by atoms with Crippen LogP contribution in [0.1, 0.15) is 20.8 Å². The Hall–Kier alpha value is 1.84. The van der Waals surface area contributed by atoms with E-state index in [1.807, 2.05) is 20.8 Å². The van der Waals surface area contributed by atoms with Crippen molar-refractivity contribution in [2.24, 2.45) is 5.73 Å². The molecule has 0 aliphatic rings. The van der Waals surface area contributed by atoms with Gasteiger partial charge >= 0.3 is 43.4 Å². The van der Waals surface area contributed by atoms with Gasteiger partial charge in [-0.3, -0.25) is 0 Å². The topological polar surface area (TPSA) is 26.0 Å². The fraction of sp³-hybridized carbons (Fsp3) is 1.00. The first-order valence-corrected chi connectivity index (χ1v) is 19.0. The Morgan fingerprint density at radius 1 is 1.25 bits per heavy atom. The van der Waals surface area contributed by atoms with Crippen molar-refractivity contribution in [1.29, 1.82) is 0 Å². The van der Waals surface area contributed by atoms with Gasteiger partial charge in [0, 0.05) is 5.54 Å². The fourth-order valence-corrected chi connectivity index (χ4v) is 0. The van der Waals surface area contributed by atoms with Crippen LogP contribution in [0.2, 0.25) is 0 Å². The van der Waals surface area contributed by atoms with Crippen LogP contribution in [0.25, 0.3) is 0 Å². The quantitative estimate of drug-likeness (QED) is 0.574. The molecule has 2 radical (unpaired) electrons. The summed E-state index contributed by atoms with van der Waals surface area (Å²) in [5.74, 6) is 0. The second-order valence-electron chi connectivity index (χ2n) is 2.44. The standard InChI is InChI=1S/C4H11N.2BrH.Pb/c1-4(2,3)5;;;/h5H2,1-3H3;2*1H;/q;;;+2/p-2. The van der Waals surface area contributed by atoms with Crippen LogP contribution >= 0.6 is 24.0 Å². The van der Waals surface area contributed by atoms with Crippen LogP contribution < -0.4 is 5.73 Å². The summed E-state index contributed by atoms with van der Waals surface area (Å²) < 4.78 is 0. The van der Waals surface area contributed by atoms with Crippen LogP contribution in [0.3, 0.4) is 0 Å². The summed E-state index contributed by atoms with van der Waals surface area (Å²) in [6, 6.07) is 0. The summed E-state index contributed by atoms with van der Waals surface area (Å²) >= 11 is 6.22. The Morgan fingerprint density at radius 3 is 1.25 bits per heavy atom. The normalized spacial score (nSPS) is 9.75. The van der Waals surface area contributed by atoms with E-state index < -0.39 is 0 Å². The molecule has 0 aromatic carbocycles. The summed E-state index contributed by atoms with van der Waals surface area (Å²) in [6.07, 6.45) is 0. The van der Waals surface area contributed by atoms with Gasteiger partial charge in [-0.2, -0.15) is 0 Å². The van der Waals surface area contributed by atoms with E-state index in [-0.39, 0.29) is 25.0 Å². The molecular formula is C4H11Br2NPb. The molecule has 8 heavy (non-hydrogen) atoms. The molecule has 0 aliphatic carbocycles. The molecule has 0 bridgehead atoms. The fourth-order valence-electron chi connectivity index (χ4n) is 0. The molecule has 0 spiro atoms. The van der Waals surface area contributed by atoms with Crippen molar-refractivity contribution < 1.29 is 0 Å². The predicted octanol–water partition coefficient (Wildman–Crippen LogP) is 2.05. The minimum absolute atomic E-state index is 0. The summed E-state index contributed by atoms with van der Waals surface area (Å²) in [6.45, 7) is 5.90. The van der Waals surface area contributed by atoms with Crippen molar-refractivity contribution in [1.82, 2.24) is 0 Å². The first-order valence-electron chi connectivity index (χ1n) is 2.17. The zero-order valence-electron chi connectivity index (χ0n) is 5.33. The van der Waals surface area contributed by atoms with Crippen LogP contribution in [-0.2, 0) is 0 Å². The second-order valence-corrected chi connectivity index (χ2v) is 19.3. The van der Waals surface area contributed by atoms with Gasteiger partial charge in [0.05, 0.1) is 0 Å². The van der Waals surface area contributed by atoms with E-state index in [4.69, 9.17) is 5.73 Å². The zero-order chi connectivity index (χ0) is 7.21. The van der Waals surface area contributed by atoms with Crippen LogP contribution in [0.4, 0.5) is 0 Å². The van der Waals surface area contributed by atoms with Crippen molar-refractivity contribution in [3.8, 4) is 0 Å². The van der Waals surface area contributed by atoms with Crippen LogP contribution in [0.5, 0.6) is 0 Å².